The van der Waals surface area contributed by atoms with Crippen molar-refractivity contribution < 1.29 is 9.59 Å². The molecule has 2 rings (SSSR count). The predicted molar refractivity (Wildman–Crippen MR) is 68.0 cm³/mol. The van der Waals surface area contributed by atoms with Gasteiger partial charge in [0.2, 0.25) is 5.91 Å². The number of aromatic nitrogens is 1. The van der Waals surface area contributed by atoms with Crippen LogP contribution in [-0.2, 0) is 9.59 Å². The second-order valence-electron chi connectivity index (χ2n) is 4.44. The molecule has 0 bridgehead atoms. The van der Waals surface area contributed by atoms with E-state index >= 15 is 0 Å². The molecule has 1 aliphatic heterocycles. The summed E-state index contributed by atoms with van der Waals surface area (Å²) in [7, 11) is 0. The summed E-state index contributed by atoms with van der Waals surface area (Å²) in [6.45, 7) is 3.88. The zero-order chi connectivity index (χ0) is 13.2. The lowest BCUT2D eigenvalue weighted by Crippen LogP contribution is -2.66. The first kappa shape index (κ1) is 12.5. The maximum Gasteiger partial charge on any atom is 0.253 e. The second-order valence-corrected chi connectivity index (χ2v) is 4.44. The van der Waals surface area contributed by atoms with Crippen LogP contribution < -0.4 is 10.2 Å². The van der Waals surface area contributed by atoms with Gasteiger partial charge in [0.15, 0.2) is 0 Å². The average Bonchev–Trinajstić information content (AvgIpc) is 2.42. The summed E-state index contributed by atoms with van der Waals surface area (Å²) in [5, 5.41) is 2.83. The molecule has 0 unspecified atom stereocenters. The van der Waals surface area contributed by atoms with E-state index in [9.17, 15) is 9.59 Å². The van der Waals surface area contributed by atoms with Gasteiger partial charge in [-0.3, -0.25) is 19.5 Å². The molecule has 0 radical (unpaired) electrons. The van der Waals surface area contributed by atoms with Gasteiger partial charge in [0.1, 0.15) is 12.1 Å². The number of anilines is 1. The van der Waals surface area contributed by atoms with Crippen molar-refractivity contribution in [1.82, 2.24) is 10.3 Å². The van der Waals surface area contributed by atoms with Gasteiger partial charge in [-0.05, 0) is 25.0 Å². The van der Waals surface area contributed by atoms with E-state index in [-0.39, 0.29) is 18.4 Å². The van der Waals surface area contributed by atoms with Gasteiger partial charge in [0.05, 0.1) is 11.9 Å². The van der Waals surface area contributed by atoms with Crippen molar-refractivity contribution in [2.45, 2.75) is 32.2 Å². The molecule has 1 aromatic rings. The Morgan fingerprint density at radius 3 is 2.67 bits per heavy atom. The number of carbonyl (C=O) groups excluding carboxylic acids is 2. The Morgan fingerprint density at radius 1 is 1.39 bits per heavy atom. The van der Waals surface area contributed by atoms with E-state index in [0.29, 0.717) is 18.5 Å². The largest absolute Gasteiger partial charge is 0.340 e. The third kappa shape index (κ3) is 1.96. The molecule has 0 aliphatic carbocycles. The lowest BCUT2D eigenvalue weighted by molar-refractivity contribution is -0.136. The van der Waals surface area contributed by atoms with E-state index in [1.165, 1.54) is 4.90 Å². The Balaban J connectivity index is 2.37. The first-order valence-electron chi connectivity index (χ1n) is 6.16. The van der Waals surface area contributed by atoms with E-state index in [1.54, 1.807) is 24.5 Å². The number of carbonyl (C=O) groups is 2. The van der Waals surface area contributed by atoms with Gasteiger partial charge < -0.3 is 5.32 Å². The molecular weight excluding hydrogens is 230 g/mol. The number of piperazine rings is 1. The van der Waals surface area contributed by atoms with Crippen LogP contribution in [0.3, 0.4) is 0 Å². The standard InChI is InChI=1S/C13H17N3O2/c1-3-13(4-2)12(18)16(9-11(17)15-13)10-6-5-7-14-8-10/h5-8H,3-4,9H2,1-2H3,(H,15,17). The van der Waals surface area contributed by atoms with Gasteiger partial charge in [-0.2, -0.15) is 0 Å². The molecule has 1 N–H and O–H groups in total. The fourth-order valence-electron chi connectivity index (χ4n) is 2.28. The Kier molecular flexibility index (Phi) is 3.32. The molecule has 96 valence electrons. The van der Waals surface area contributed by atoms with E-state index in [1.807, 2.05) is 13.8 Å². The van der Waals surface area contributed by atoms with Crippen molar-refractivity contribution in [3.05, 3.63) is 24.5 Å². The van der Waals surface area contributed by atoms with E-state index in [0.717, 1.165) is 0 Å². The molecule has 1 aliphatic rings. The second kappa shape index (κ2) is 4.76. The monoisotopic (exact) mass is 247 g/mol. The molecule has 0 aromatic carbocycles. The maximum absolute atomic E-state index is 12.5. The van der Waals surface area contributed by atoms with E-state index in [2.05, 4.69) is 10.3 Å². The van der Waals surface area contributed by atoms with Crippen LogP contribution in [0.15, 0.2) is 24.5 Å². The van der Waals surface area contributed by atoms with Gasteiger partial charge in [-0.25, -0.2) is 0 Å². The van der Waals surface area contributed by atoms with E-state index < -0.39 is 5.54 Å². The van der Waals surface area contributed by atoms with Crippen molar-refractivity contribution in [3.63, 3.8) is 0 Å². The van der Waals surface area contributed by atoms with Gasteiger partial charge in [-0.1, -0.05) is 13.8 Å². The SMILES string of the molecule is CCC1(CC)NC(=O)CN(c2cccnc2)C1=O. The fraction of sp³-hybridized carbons (Fsp3) is 0.462. The Bertz CT molecular complexity index is 455. The topological polar surface area (TPSA) is 62.3 Å². The number of pyridine rings is 1. The molecule has 1 fully saturated rings. The lowest BCUT2D eigenvalue weighted by Gasteiger charge is -2.40. The van der Waals surface area contributed by atoms with Gasteiger partial charge >= 0.3 is 0 Å². The summed E-state index contributed by atoms with van der Waals surface area (Å²) < 4.78 is 0. The van der Waals surface area contributed by atoms with Crippen molar-refractivity contribution in [2.24, 2.45) is 0 Å². The Labute approximate surface area is 106 Å². The van der Waals surface area contributed by atoms with Crippen LogP contribution in [0.1, 0.15) is 26.7 Å². The molecule has 1 aromatic heterocycles. The Morgan fingerprint density at radius 2 is 2.11 bits per heavy atom. The van der Waals surface area contributed by atoms with Gasteiger partial charge in [-0.15, -0.1) is 0 Å². The molecule has 1 saturated heterocycles. The minimum absolute atomic E-state index is 0.0555. The highest BCUT2D eigenvalue weighted by Gasteiger charge is 2.44. The predicted octanol–water partition coefficient (Wildman–Crippen LogP) is 1.10. The molecular formula is C13H17N3O2. The minimum atomic E-state index is -0.773. The molecule has 5 heteroatoms. The average molecular weight is 247 g/mol. The molecule has 2 heterocycles. The van der Waals surface area contributed by atoms with Crippen LogP contribution in [0.5, 0.6) is 0 Å². The minimum Gasteiger partial charge on any atom is -0.340 e. The van der Waals surface area contributed by atoms with E-state index in [4.69, 9.17) is 0 Å². The number of nitrogens with one attached hydrogen (secondary N) is 1. The highest BCUT2D eigenvalue weighted by molar-refractivity contribution is 6.09. The molecule has 18 heavy (non-hydrogen) atoms. The molecule has 0 spiro atoms. The van der Waals surface area contributed by atoms with Crippen LogP contribution in [0.2, 0.25) is 0 Å². The smallest absolute Gasteiger partial charge is 0.253 e. The maximum atomic E-state index is 12.5. The third-order valence-corrected chi connectivity index (χ3v) is 3.50. The molecule has 5 nitrogen and oxygen atoms in total. The van der Waals surface area contributed by atoms with Crippen molar-refractivity contribution >= 4 is 17.5 Å². The Hall–Kier alpha value is -1.91. The van der Waals surface area contributed by atoms with Crippen LogP contribution in [0.4, 0.5) is 5.69 Å². The summed E-state index contributed by atoms with van der Waals surface area (Å²) in [6.07, 6.45) is 4.42. The molecule has 0 atom stereocenters. The summed E-state index contributed by atoms with van der Waals surface area (Å²) in [5.41, 5.74) is -0.103. The lowest BCUT2D eigenvalue weighted by atomic mass is 9.89. The summed E-state index contributed by atoms with van der Waals surface area (Å²) in [6, 6.07) is 3.55. The first-order chi connectivity index (χ1) is 8.63. The number of nitrogens with zero attached hydrogens (tertiary/aromatic N) is 2. The number of hydrogen-bond acceptors (Lipinski definition) is 3. The summed E-state index contributed by atoms with van der Waals surface area (Å²) in [5.74, 6) is -0.178. The summed E-state index contributed by atoms with van der Waals surface area (Å²) >= 11 is 0. The first-order valence-corrected chi connectivity index (χ1v) is 6.16. The fourth-order valence-corrected chi connectivity index (χ4v) is 2.28. The van der Waals surface area contributed by atoms with Crippen molar-refractivity contribution in [1.29, 1.82) is 0 Å². The van der Waals surface area contributed by atoms with Crippen molar-refractivity contribution in [2.75, 3.05) is 11.4 Å². The zero-order valence-electron chi connectivity index (χ0n) is 10.6. The number of rotatable bonds is 3. The number of hydrogen-bond donors (Lipinski definition) is 1. The number of amides is 2. The third-order valence-electron chi connectivity index (χ3n) is 3.50. The van der Waals surface area contributed by atoms with Crippen LogP contribution in [0.25, 0.3) is 0 Å². The van der Waals surface area contributed by atoms with Gasteiger partial charge in [0.25, 0.3) is 5.91 Å². The van der Waals surface area contributed by atoms with Crippen LogP contribution in [0, 0.1) is 0 Å². The summed E-state index contributed by atoms with van der Waals surface area (Å²) in [4.78, 5) is 29.8. The van der Waals surface area contributed by atoms with Crippen LogP contribution >= 0.6 is 0 Å². The highest BCUT2D eigenvalue weighted by atomic mass is 16.2. The molecule has 2 amide bonds. The van der Waals surface area contributed by atoms with Crippen molar-refractivity contribution in [3.8, 4) is 0 Å². The normalized spacial score (nSPS) is 18.7. The molecule has 0 saturated carbocycles. The van der Waals surface area contributed by atoms with Crippen LogP contribution in [-0.4, -0.2) is 28.9 Å². The zero-order valence-corrected chi connectivity index (χ0v) is 10.6. The van der Waals surface area contributed by atoms with Gasteiger partial charge in [0, 0.05) is 6.20 Å². The quantitative estimate of drug-likeness (QED) is 0.870. The highest BCUT2D eigenvalue weighted by Crippen LogP contribution is 2.25.